The number of rotatable bonds is 7. The second kappa shape index (κ2) is 10.8. The lowest BCUT2D eigenvalue weighted by Gasteiger charge is -2.33. The van der Waals surface area contributed by atoms with Crippen molar-refractivity contribution in [3.63, 3.8) is 0 Å². The molecule has 10 heteroatoms. The number of benzene rings is 2. The summed E-state index contributed by atoms with van der Waals surface area (Å²) >= 11 is 5.90. The molecule has 3 N–H and O–H groups in total. The van der Waals surface area contributed by atoms with E-state index in [0.717, 1.165) is 24.8 Å². The third-order valence-electron chi connectivity index (χ3n) is 5.29. The standard InChI is InChI=1S/C22H27ClN4O4S/c1-16-5-2-3-14-27(16)25-22(29)26-32(30,31)20-10-8-17(9-11-20)12-13-24-21(28)18-6-4-7-19(23)15-18/h4,6-11,15-16H,2-3,5,12-14H2,1H3,(H,24,28)(H2,25,26,29). The Morgan fingerprint density at radius 2 is 1.88 bits per heavy atom. The third kappa shape index (κ3) is 6.69. The van der Waals surface area contributed by atoms with E-state index in [4.69, 9.17) is 11.6 Å². The van der Waals surface area contributed by atoms with E-state index < -0.39 is 16.1 Å². The number of hydrogen-bond donors (Lipinski definition) is 3. The van der Waals surface area contributed by atoms with Gasteiger partial charge < -0.3 is 5.32 Å². The van der Waals surface area contributed by atoms with Crippen LogP contribution in [0.4, 0.5) is 4.79 Å². The quantitative estimate of drug-likeness (QED) is 0.566. The molecule has 1 atom stereocenters. The molecule has 172 valence electrons. The van der Waals surface area contributed by atoms with E-state index >= 15 is 0 Å². The van der Waals surface area contributed by atoms with Gasteiger partial charge in [-0.15, -0.1) is 0 Å². The summed E-state index contributed by atoms with van der Waals surface area (Å²) in [6.45, 7) is 3.06. The lowest BCUT2D eigenvalue weighted by molar-refractivity contribution is 0.0954. The normalized spacial score (nSPS) is 16.9. The summed E-state index contributed by atoms with van der Waals surface area (Å²) in [5.74, 6) is -0.232. The third-order valence-corrected chi connectivity index (χ3v) is 6.88. The van der Waals surface area contributed by atoms with E-state index in [1.807, 2.05) is 6.92 Å². The van der Waals surface area contributed by atoms with Crippen molar-refractivity contribution in [2.45, 2.75) is 43.5 Å². The summed E-state index contributed by atoms with van der Waals surface area (Å²) in [5.41, 5.74) is 3.94. The van der Waals surface area contributed by atoms with Crippen molar-refractivity contribution in [1.82, 2.24) is 20.5 Å². The van der Waals surface area contributed by atoms with E-state index in [2.05, 4.69) is 15.5 Å². The molecule has 0 aliphatic carbocycles. The topological polar surface area (TPSA) is 108 Å². The van der Waals surface area contributed by atoms with Gasteiger partial charge in [0.15, 0.2) is 0 Å². The second-order valence-corrected chi connectivity index (χ2v) is 9.86. The summed E-state index contributed by atoms with van der Waals surface area (Å²) in [5, 5.41) is 5.05. The highest BCUT2D eigenvalue weighted by Gasteiger charge is 2.23. The number of nitrogens with one attached hydrogen (secondary N) is 3. The maximum absolute atomic E-state index is 12.5. The number of sulfonamides is 1. The molecule has 1 fully saturated rings. The highest BCUT2D eigenvalue weighted by molar-refractivity contribution is 7.90. The average molecular weight is 479 g/mol. The van der Waals surface area contributed by atoms with Crippen LogP contribution in [0.3, 0.4) is 0 Å². The smallest absolute Gasteiger partial charge is 0.343 e. The van der Waals surface area contributed by atoms with Gasteiger partial charge in [0.05, 0.1) is 4.90 Å². The van der Waals surface area contributed by atoms with Crippen LogP contribution in [0.2, 0.25) is 5.02 Å². The number of hydrogen-bond acceptors (Lipinski definition) is 5. The van der Waals surface area contributed by atoms with Gasteiger partial charge in [-0.05, 0) is 62.1 Å². The zero-order valence-electron chi connectivity index (χ0n) is 17.8. The van der Waals surface area contributed by atoms with Crippen molar-refractivity contribution >= 4 is 33.6 Å². The van der Waals surface area contributed by atoms with Gasteiger partial charge in [-0.2, -0.15) is 0 Å². The summed E-state index contributed by atoms with van der Waals surface area (Å²) in [6, 6.07) is 12.2. The molecule has 1 aliphatic heterocycles. The number of amides is 3. The Kier molecular flexibility index (Phi) is 8.11. The predicted octanol–water partition coefficient (Wildman–Crippen LogP) is 3.09. The SMILES string of the molecule is CC1CCCCN1NC(=O)NS(=O)(=O)c1ccc(CCNC(=O)c2cccc(Cl)c2)cc1. The minimum absolute atomic E-state index is 0.00828. The first-order chi connectivity index (χ1) is 15.2. The number of halogens is 1. The molecule has 0 bridgehead atoms. The number of nitrogens with zero attached hydrogens (tertiary/aromatic N) is 1. The van der Waals surface area contributed by atoms with Crippen LogP contribution in [0.1, 0.15) is 42.1 Å². The van der Waals surface area contributed by atoms with Gasteiger partial charge in [-0.25, -0.2) is 22.9 Å². The Hall–Kier alpha value is -2.62. The van der Waals surface area contributed by atoms with Crippen LogP contribution in [0.25, 0.3) is 0 Å². The lowest BCUT2D eigenvalue weighted by Crippen LogP contribution is -2.53. The van der Waals surface area contributed by atoms with Gasteiger partial charge >= 0.3 is 6.03 Å². The molecule has 0 spiro atoms. The molecule has 0 saturated carbocycles. The van der Waals surface area contributed by atoms with E-state index in [1.165, 1.54) is 12.1 Å². The molecular formula is C22H27ClN4O4S. The summed E-state index contributed by atoms with van der Waals surface area (Å²) in [4.78, 5) is 24.3. The van der Waals surface area contributed by atoms with Crippen LogP contribution in [-0.2, 0) is 16.4 Å². The van der Waals surface area contributed by atoms with Gasteiger partial charge in [-0.1, -0.05) is 36.2 Å². The summed E-state index contributed by atoms with van der Waals surface area (Å²) in [7, 11) is -3.99. The van der Waals surface area contributed by atoms with Crippen molar-refractivity contribution in [2.75, 3.05) is 13.1 Å². The van der Waals surface area contributed by atoms with E-state index in [0.29, 0.717) is 30.1 Å². The number of hydrazine groups is 1. The molecule has 1 aliphatic rings. The van der Waals surface area contributed by atoms with Crippen molar-refractivity contribution in [2.24, 2.45) is 0 Å². The first-order valence-corrected chi connectivity index (χ1v) is 12.3. The van der Waals surface area contributed by atoms with Gasteiger partial charge in [0.1, 0.15) is 0 Å². The Labute approximate surface area is 193 Å². The average Bonchev–Trinajstić information content (AvgIpc) is 2.75. The zero-order chi connectivity index (χ0) is 23.1. The van der Waals surface area contributed by atoms with Crippen molar-refractivity contribution in [3.05, 3.63) is 64.7 Å². The molecule has 1 unspecified atom stereocenters. The van der Waals surface area contributed by atoms with Crippen LogP contribution in [0.5, 0.6) is 0 Å². The predicted molar refractivity (Wildman–Crippen MR) is 123 cm³/mol. The molecule has 2 aromatic carbocycles. The zero-order valence-corrected chi connectivity index (χ0v) is 19.4. The van der Waals surface area contributed by atoms with Gasteiger partial charge in [0.25, 0.3) is 15.9 Å². The molecule has 3 amide bonds. The number of urea groups is 1. The fraction of sp³-hybridized carbons (Fsp3) is 0.364. The molecule has 1 saturated heterocycles. The summed E-state index contributed by atoms with van der Waals surface area (Å²) < 4.78 is 27.1. The fourth-order valence-electron chi connectivity index (χ4n) is 3.49. The van der Waals surface area contributed by atoms with Gasteiger partial charge in [-0.3, -0.25) is 10.2 Å². The van der Waals surface area contributed by atoms with Crippen molar-refractivity contribution < 1.29 is 18.0 Å². The first-order valence-electron chi connectivity index (χ1n) is 10.5. The Morgan fingerprint density at radius 3 is 2.56 bits per heavy atom. The Balaban J connectivity index is 1.50. The first kappa shape index (κ1) is 24.0. The fourth-order valence-corrected chi connectivity index (χ4v) is 4.58. The minimum Gasteiger partial charge on any atom is -0.352 e. The van der Waals surface area contributed by atoms with Gasteiger partial charge in [0, 0.05) is 29.7 Å². The molecule has 3 rings (SSSR count). The van der Waals surface area contributed by atoms with Crippen molar-refractivity contribution in [1.29, 1.82) is 0 Å². The Morgan fingerprint density at radius 1 is 1.12 bits per heavy atom. The number of carbonyl (C=O) groups is 2. The molecule has 8 nitrogen and oxygen atoms in total. The molecule has 0 aromatic heterocycles. The molecule has 32 heavy (non-hydrogen) atoms. The monoisotopic (exact) mass is 478 g/mol. The van der Waals surface area contributed by atoms with Gasteiger partial charge in [0.2, 0.25) is 0 Å². The van der Waals surface area contributed by atoms with Crippen LogP contribution < -0.4 is 15.5 Å². The molecule has 1 heterocycles. The van der Waals surface area contributed by atoms with Crippen LogP contribution in [0.15, 0.2) is 53.4 Å². The van der Waals surface area contributed by atoms with Crippen LogP contribution in [0, 0.1) is 0 Å². The van der Waals surface area contributed by atoms with Crippen LogP contribution >= 0.6 is 11.6 Å². The number of carbonyl (C=O) groups excluding carboxylic acids is 2. The molecule has 0 radical (unpaired) electrons. The highest BCUT2D eigenvalue weighted by Crippen LogP contribution is 2.15. The van der Waals surface area contributed by atoms with E-state index in [1.54, 1.807) is 41.4 Å². The van der Waals surface area contributed by atoms with Crippen LogP contribution in [-0.4, -0.2) is 44.5 Å². The maximum Gasteiger partial charge on any atom is 0.343 e. The lowest BCUT2D eigenvalue weighted by atomic mass is 10.1. The number of piperidine rings is 1. The molecule has 2 aromatic rings. The highest BCUT2D eigenvalue weighted by atomic mass is 35.5. The second-order valence-electron chi connectivity index (χ2n) is 7.74. The van der Waals surface area contributed by atoms with Crippen molar-refractivity contribution in [3.8, 4) is 0 Å². The Bertz CT molecular complexity index is 1060. The molecular weight excluding hydrogens is 452 g/mol. The summed E-state index contributed by atoms with van der Waals surface area (Å²) in [6.07, 6.45) is 3.52. The van der Waals surface area contributed by atoms with E-state index in [9.17, 15) is 18.0 Å². The minimum atomic E-state index is -3.99. The van der Waals surface area contributed by atoms with E-state index in [-0.39, 0.29) is 16.8 Å². The largest absolute Gasteiger partial charge is 0.352 e. The maximum atomic E-state index is 12.5.